The van der Waals surface area contributed by atoms with Crippen LogP contribution in [-0.4, -0.2) is 89.3 Å². The van der Waals surface area contributed by atoms with Crippen LogP contribution < -0.4 is 16.4 Å². The van der Waals surface area contributed by atoms with Crippen LogP contribution in [-0.2, 0) is 25.5 Å². The number of carbonyl (C=O) groups is 3. The number of imidazole rings is 1. The molecule has 15 heteroatoms. The lowest BCUT2D eigenvalue weighted by atomic mass is 10.0. The van der Waals surface area contributed by atoms with Gasteiger partial charge in [0.05, 0.1) is 19.0 Å². The van der Waals surface area contributed by atoms with Gasteiger partial charge in [-0.05, 0) is 19.4 Å². The fourth-order valence-corrected chi connectivity index (χ4v) is 4.19. The van der Waals surface area contributed by atoms with E-state index in [1.165, 1.54) is 31.1 Å². The molecule has 0 aliphatic carbocycles. The van der Waals surface area contributed by atoms with E-state index in [0.717, 1.165) is 0 Å². The number of nitrogens with zero attached hydrogens (tertiary/aromatic N) is 4. The molecule has 2 amide bonds. The molecule has 7 N–H and O–H groups in total. The molecule has 0 radical (unpaired) electrons. The molecule has 0 spiro atoms. The predicted octanol–water partition coefficient (Wildman–Crippen LogP) is -0.655. The number of anilines is 1. The van der Waals surface area contributed by atoms with Gasteiger partial charge in [0.25, 0.3) is 5.91 Å². The lowest BCUT2D eigenvalue weighted by molar-refractivity contribution is -0.140. The molecule has 0 bridgehead atoms. The second-order valence-electron chi connectivity index (χ2n) is 9.45. The molecule has 3 aromatic rings. The number of rotatable bonds is 9. The molecule has 1 saturated heterocycles. The number of aliphatic carboxylic acids is 1. The Labute approximate surface area is 222 Å². The van der Waals surface area contributed by atoms with Crippen molar-refractivity contribution >= 4 is 35.0 Å². The number of amides is 2. The molecule has 3 heterocycles. The van der Waals surface area contributed by atoms with Crippen LogP contribution in [0.5, 0.6) is 0 Å². The van der Waals surface area contributed by atoms with Crippen LogP contribution in [0.25, 0.3) is 11.2 Å². The van der Waals surface area contributed by atoms with Crippen molar-refractivity contribution in [1.82, 2.24) is 30.2 Å². The molecule has 0 unspecified atom stereocenters. The average molecular weight is 544 g/mol. The molecule has 5 atom stereocenters. The Morgan fingerprint density at radius 3 is 2.59 bits per heavy atom. The molecule has 39 heavy (non-hydrogen) atoms. The zero-order chi connectivity index (χ0) is 28.3. The van der Waals surface area contributed by atoms with Crippen LogP contribution in [0, 0.1) is 0 Å². The lowest BCUT2D eigenvalue weighted by Gasteiger charge is -2.28. The number of fused-ring (bicyclic) bond motifs is 1. The lowest BCUT2D eigenvalue weighted by Crippen LogP contribution is -2.56. The largest absolute Gasteiger partial charge is 0.480 e. The minimum atomic E-state index is -1.79. The van der Waals surface area contributed by atoms with Crippen molar-refractivity contribution in [3.05, 3.63) is 48.5 Å². The van der Waals surface area contributed by atoms with Crippen LogP contribution in [0.15, 0.2) is 43.0 Å². The molecule has 4 rings (SSSR count). The van der Waals surface area contributed by atoms with Gasteiger partial charge in [0.15, 0.2) is 23.3 Å². The number of nitrogens with one attached hydrogen (secondary N) is 2. The predicted molar refractivity (Wildman–Crippen MR) is 134 cm³/mol. The number of carboxylic acid groups (broad SMARTS) is 1. The molecule has 0 saturated carbocycles. The third-order valence-electron chi connectivity index (χ3n) is 6.28. The molecule has 1 aliphatic heterocycles. The van der Waals surface area contributed by atoms with E-state index in [-0.39, 0.29) is 23.4 Å². The van der Waals surface area contributed by atoms with Crippen LogP contribution in [0.2, 0.25) is 0 Å². The van der Waals surface area contributed by atoms with E-state index in [1.54, 1.807) is 30.3 Å². The van der Waals surface area contributed by atoms with Gasteiger partial charge in [0.2, 0.25) is 0 Å². The van der Waals surface area contributed by atoms with Crippen molar-refractivity contribution in [2.24, 2.45) is 0 Å². The van der Waals surface area contributed by atoms with Crippen molar-refractivity contribution < 1.29 is 39.2 Å². The Hall–Kier alpha value is -4.34. The molecule has 208 valence electrons. The third kappa shape index (κ3) is 5.89. The van der Waals surface area contributed by atoms with E-state index in [9.17, 15) is 29.7 Å². The van der Waals surface area contributed by atoms with Crippen LogP contribution in [0.4, 0.5) is 10.6 Å². The van der Waals surface area contributed by atoms with E-state index in [2.05, 4.69) is 25.6 Å². The number of hydrogen-bond acceptors (Lipinski definition) is 11. The Balaban J connectivity index is 1.42. The van der Waals surface area contributed by atoms with Gasteiger partial charge >= 0.3 is 12.1 Å². The van der Waals surface area contributed by atoms with Crippen LogP contribution >= 0.6 is 0 Å². The van der Waals surface area contributed by atoms with E-state index >= 15 is 0 Å². The van der Waals surface area contributed by atoms with Crippen molar-refractivity contribution in [2.45, 2.75) is 56.4 Å². The fourth-order valence-electron chi connectivity index (χ4n) is 4.19. The number of benzene rings is 1. The summed E-state index contributed by atoms with van der Waals surface area (Å²) in [5, 5.41) is 35.2. The van der Waals surface area contributed by atoms with Crippen LogP contribution in [0.1, 0.15) is 25.6 Å². The molecule has 1 aromatic carbocycles. The first-order chi connectivity index (χ1) is 18.5. The smallest absolute Gasteiger partial charge is 0.408 e. The Morgan fingerprint density at radius 2 is 1.92 bits per heavy atom. The van der Waals surface area contributed by atoms with E-state index in [4.69, 9.17) is 15.2 Å². The number of aromatic nitrogens is 4. The van der Waals surface area contributed by atoms with Gasteiger partial charge in [-0.2, -0.15) is 0 Å². The number of ether oxygens (including phenoxy) is 2. The molecular formula is C24H29N7O8. The van der Waals surface area contributed by atoms with Crippen molar-refractivity contribution in [3.63, 3.8) is 0 Å². The first-order valence-electron chi connectivity index (χ1n) is 12.0. The first kappa shape index (κ1) is 27.7. The maximum atomic E-state index is 13.1. The number of carbonyl (C=O) groups excluding carboxylic acids is 2. The zero-order valence-electron chi connectivity index (χ0n) is 21.1. The highest BCUT2D eigenvalue weighted by Gasteiger charge is 2.47. The van der Waals surface area contributed by atoms with E-state index < -0.39 is 60.7 Å². The highest BCUT2D eigenvalue weighted by atomic mass is 16.6. The van der Waals surface area contributed by atoms with Gasteiger partial charge in [-0.15, -0.1) is 0 Å². The quantitative estimate of drug-likeness (QED) is 0.198. The average Bonchev–Trinajstić information content (AvgIpc) is 3.45. The van der Waals surface area contributed by atoms with Gasteiger partial charge < -0.3 is 41.2 Å². The van der Waals surface area contributed by atoms with Gasteiger partial charge in [0, 0.05) is 6.42 Å². The summed E-state index contributed by atoms with van der Waals surface area (Å²) in [4.78, 5) is 49.4. The van der Waals surface area contributed by atoms with E-state index in [0.29, 0.717) is 5.56 Å². The molecule has 1 aliphatic rings. The molecule has 15 nitrogen and oxygen atoms in total. The van der Waals surface area contributed by atoms with Crippen molar-refractivity contribution in [1.29, 1.82) is 0 Å². The minimum absolute atomic E-state index is 0.00255. The summed E-state index contributed by atoms with van der Waals surface area (Å²) in [5.74, 6) is -1.97. The number of nitrogens with two attached hydrogens (primary N) is 1. The second-order valence-corrected chi connectivity index (χ2v) is 9.45. The Morgan fingerprint density at radius 1 is 1.21 bits per heavy atom. The standard InChI is InChI=1S/C24H29N7O8/c1-24(2,39-23(37)29-13(21(34)35)8-12-6-4-3-5-7-12)22(36)30-15-14(9-32)38-20(17(15)33)31-11-28-16-18(25)26-10-27-19(16)31/h3-7,10-11,13-15,17,20,32-33H,8-9H2,1-2H3,(H,29,37)(H,30,36)(H,34,35)(H2,25,26,27)/t13-,14+,15+,17+,20+/m0/s1. The molecular weight excluding hydrogens is 514 g/mol. The first-order valence-corrected chi connectivity index (χ1v) is 12.0. The summed E-state index contributed by atoms with van der Waals surface area (Å²) in [6.07, 6.45) is -2.05. The third-order valence-corrected chi connectivity index (χ3v) is 6.28. The summed E-state index contributed by atoms with van der Waals surface area (Å²) in [7, 11) is 0. The number of carboxylic acids is 1. The van der Waals surface area contributed by atoms with Gasteiger partial charge in [0.1, 0.15) is 30.1 Å². The Kier molecular flexibility index (Phi) is 7.94. The number of hydrogen-bond donors (Lipinski definition) is 6. The van der Waals surface area contributed by atoms with Crippen molar-refractivity contribution in [3.8, 4) is 0 Å². The SMILES string of the molecule is CC(C)(OC(=O)N[C@@H](Cc1ccccc1)C(=O)O)C(=O)N[C@H]1[C@@H](O)[C@H](n2cnc3c(N)ncnc32)O[C@@H]1CO. The van der Waals surface area contributed by atoms with Gasteiger partial charge in [-0.1, -0.05) is 30.3 Å². The second kappa shape index (κ2) is 11.2. The monoisotopic (exact) mass is 543 g/mol. The summed E-state index contributed by atoms with van der Waals surface area (Å²) in [5.41, 5.74) is 5.27. The fraction of sp³-hybridized carbons (Fsp3) is 0.417. The normalized spacial score (nSPS) is 21.8. The number of alkyl carbamates (subject to hydrolysis) is 1. The van der Waals surface area contributed by atoms with E-state index in [1.807, 2.05) is 0 Å². The Bertz CT molecular complexity index is 1350. The topological polar surface area (TPSA) is 224 Å². The number of aliphatic hydroxyl groups excluding tert-OH is 2. The van der Waals surface area contributed by atoms with Crippen molar-refractivity contribution in [2.75, 3.05) is 12.3 Å². The highest BCUT2D eigenvalue weighted by molar-refractivity contribution is 5.88. The molecule has 1 fully saturated rings. The summed E-state index contributed by atoms with van der Waals surface area (Å²) < 4.78 is 12.4. The van der Waals surface area contributed by atoms with Gasteiger partial charge in [-0.25, -0.2) is 24.5 Å². The number of aliphatic hydroxyl groups is 2. The minimum Gasteiger partial charge on any atom is -0.480 e. The molecule has 2 aromatic heterocycles. The zero-order valence-corrected chi connectivity index (χ0v) is 21.1. The summed E-state index contributed by atoms with van der Waals surface area (Å²) >= 11 is 0. The van der Waals surface area contributed by atoms with Gasteiger partial charge in [-0.3, -0.25) is 9.36 Å². The number of nitrogen functional groups attached to an aromatic ring is 1. The summed E-state index contributed by atoms with van der Waals surface area (Å²) in [6, 6.07) is 6.28. The summed E-state index contributed by atoms with van der Waals surface area (Å²) in [6.45, 7) is 2.04. The maximum absolute atomic E-state index is 13.1. The van der Waals surface area contributed by atoms with Crippen LogP contribution in [0.3, 0.4) is 0 Å². The maximum Gasteiger partial charge on any atom is 0.408 e. The highest BCUT2D eigenvalue weighted by Crippen LogP contribution is 2.32.